The number of furan rings is 1. The van der Waals surface area contributed by atoms with Gasteiger partial charge in [-0.15, -0.1) is 0 Å². The lowest BCUT2D eigenvalue weighted by atomic mass is 10.1. The molecule has 0 aliphatic heterocycles. The van der Waals surface area contributed by atoms with Gasteiger partial charge in [0, 0.05) is 5.39 Å². The summed E-state index contributed by atoms with van der Waals surface area (Å²) < 4.78 is 5.57. The Hall–Kier alpha value is -3.15. The fourth-order valence-corrected chi connectivity index (χ4v) is 2.26. The van der Waals surface area contributed by atoms with E-state index in [0.29, 0.717) is 22.6 Å². The Balaban J connectivity index is 1.90. The number of rotatable bonds is 3. The third kappa shape index (κ3) is 2.42. The molecule has 1 aromatic carbocycles. The fraction of sp³-hybridized carbons (Fsp3) is 0.0625. The van der Waals surface area contributed by atoms with Crippen LogP contribution in [0.15, 0.2) is 47.0 Å². The summed E-state index contributed by atoms with van der Waals surface area (Å²) in [6.45, 7) is 1.74. The second-order valence-electron chi connectivity index (χ2n) is 4.78. The van der Waals surface area contributed by atoms with Gasteiger partial charge in [0.05, 0.1) is 17.4 Å². The van der Waals surface area contributed by atoms with E-state index >= 15 is 0 Å². The van der Waals surface area contributed by atoms with Crippen molar-refractivity contribution >= 4 is 28.5 Å². The molecular formula is C16H13N3O3. The molecule has 110 valence electrons. The molecule has 0 spiro atoms. The Morgan fingerprint density at radius 1 is 1.18 bits per heavy atom. The van der Waals surface area contributed by atoms with Crippen LogP contribution in [0.4, 0.5) is 5.69 Å². The maximum Gasteiger partial charge on any atom is 0.267 e. The van der Waals surface area contributed by atoms with Gasteiger partial charge in [0.25, 0.3) is 11.8 Å². The van der Waals surface area contributed by atoms with Gasteiger partial charge in [-0.05, 0) is 25.1 Å². The highest BCUT2D eigenvalue weighted by molar-refractivity contribution is 6.13. The molecule has 0 aliphatic carbocycles. The number of primary amides is 1. The van der Waals surface area contributed by atoms with Crippen LogP contribution in [-0.4, -0.2) is 16.8 Å². The first-order chi connectivity index (χ1) is 10.6. The van der Waals surface area contributed by atoms with E-state index in [9.17, 15) is 9.59 Å². The number of anilines is 1. The molecule has 0 bridgehead atoms. The molecule has 0 atom stereocenters. The normalized spacial score (nSPS) is 10.6. The molecule has 0 aliphatic rings. The van der Waals surface area contributed by atoms with Crippen LogP contribution in [-0.2, 0) is 0 Å². The van der Waals surface area contributed by atoms with Gasteiger partial charge >= 0.3 is 0 Å². The topological polar surface area (TPSA) is 98.2 Å². The zero-order valence-electron chi connectivity index (χ0n) is 11.8. The number of nitrogens with zero attached hydrogens (tertiary/aromatic N) is 1. The largest absolute Gasteiger partial charge is 0.461 e. The summed E-state index contributed by atoms with van der Waals surface area (Å²) in [4.78, 5) is 27.3. The Morgan fingerprint density at radius 2 is 1.95 bits per heavy atom. The summed E-state index contributed by atoms with van der Waals surface area (Å²) in [5.74, 6) is -0.369. The summed E-state index contributed by atoms with van der Waals surface area (Å²) in [6, 6.07) is 10.4. The molecule has 3 rings (SSSR count). The lowest BCUT2D eigenvalue weighted by molar-refractivity contribution is 0.0994. The highest BCUT2D eigenvalue weighted by Gasteiger charge is 2.18. The molecule has 3 aromatic rings. The lowest BCUT2D eigenvalue weighted by Crippen LogP contribution is -2.15. The molecule has 6 heteroatoms. The van der Waals surface area contributed by atoms with Crippen LogP contribution in [0.25, 0.3) is 11.0 Å². The third-order valence-electron chi connectivity index (χ3n) is 3.27. The SMILES string of the molecule is Cc1oc2ccccc2c1C(=O)Nc1ccc(C(N)=O)nc1. The molecular weight excluding hydrogens is 282 g/mol. The fourth-order valence-electron chi connectivity index (χ4n) is 2.26. The van der Waals surface area contributed by atoms with Crippen molar-refractivity contribution in [2.24, 2.45) is 5.73 Å². The number of fused-ring (bicyclic) bond motifs is 1. The number of pyridine rings is 1. The molecule has 0 saturated heterocycles. The van der Waals surface area contributed by atoms with E-state index in [4.69, 9.17) is 10.2 Å². The lowest BCUT2D eigenvalue weighted by Gasteiger charge is -2.05. The number of nitrogens with one attached hydrogen (secondary N) is 1. The van der Waals surface area contributed by atoms with Crippen LogP contribution < -0.4 is 11.1 Å². The van der Waals surface area contributed by atoms with E-state index < -0.39 is 5.91 Å². The number of benzene rings is 1. The molecule has 0 unspecified atom stereocenters. The number of hydrogen-bond acceptors (Lipinski definition) is 4. The van der Waals surface area contributed by atoms with E-state index in [2.05, 4.69) is 10.3 Å². The number of hydrogen-bond donors (Lipinski definition) is 2. The van der Waals surface area contributed by atoms with Crippen molar-refractivity contribution in [3.05, 3.63) is 59.6 Å². The molecule has 2 heterocycles. The summed E-state index contributed by atoms with van der Waals surface area (Å²) >= 11 is 0. The van der Waals surface area contributed by atoms with E-state index in [1.807, 2.05) is 24.3 Å². The minimum atomic E-state index is -0.616. The van der Waals surface area contributed by atoms with Gasteiger partial charge in [-0.2, -0.15) is 0 Å². The Morgan fingerprint density at radius 3 is 2.64 bits per heavy atom. The Kier molecular flexibility index (Phi) is 3.34. The van der Waals surface area contributed by atoms with Crippen molar-refractivity contribution in [1.29, 1.82) is 0 Å². The van der Waals surface area contributed by atoms with E-state index in [0.717, 1.165) is 5.39 Å². The first-order valence-corrected chi connectivity index (χ1v) is 6.61. The van der Waals surface area contributed by atoms with Crippen LogP contribution in [0, 0.1) is 6.92 Å². The van der Waals surface area contributed by atoms with Crippen LogP contribution in [0.3, 0.4) is 0 Å². The molecule has 6 nitrogen and oxygen atoms in total. The minimum Gasteiger partial charge on any atom is -0.461 e. The van der Waals surface area contributed by atoms with E-state index in [1.54, 1.807) is 13.0 Å². The maximum atomic E-state index is 12.4. The summed E-state index contributed by atoms with van der Waals surface area (Å²) in [6.07, 6.45) is 1.38. The smallest absolute Gasteiger partial charge is 0.267 e. The van der Waals surface area contributed by atoms with Crippen LogP contribution >= 0.6 is 0 Å². The van der Waals surface area contributed by atoms with Gasteiger partial charge in [0.15, 0.2) is 0 Å². The molecule has 3 N–H and O–H groups in total. The molecule has 0 saturated carbocycles. The molecule has 2 aromatic heterocycles. The van der Waals surface area contributed by atoms with Crippen molar-refractivity contribution in [3.63, 3.8) is 0 Å². The zero-order valence-corrected chi connectivity index (χ0v) is 11.8. The van der Waals surface area contributed by atoms with Gasteiger partial charge < -0.3 is 15.5 Å². The van der Waals surface area contributed by atoms with Crippen LogP contribution in [0.1, 0.15) is 26.6 Å². The highest BCUT2D eigenvalue weighted by Crippen LogP contribution is 2.26. The quantitative estimate of drug-likeness (QED) is 0.775. The molecule has 22 heavy (non-hydrogen) atoms. The predicted octanol–water partition coefficient (Wildman–Crippen LogP) is 2.49. The number of carbonyl (C=O) groups excluding carboxylic acids is 2. The van der Waals surface area contributed by atoms with Crippen molar-refractivity contribution in [2.45, 2.75) is 6.92 Å². The first kappa shape index (κ1) is 13.8. The van der Waals surface area contributed by atoms with Crippen molar-refractivity contribution < 1.29 is 14.0 Å². The van der Waals surface area contributed by atoms with Crippen molar-refractivity contribution in [2.75, 3.05) is 5.32 Å². The van der Waals surface area contributed by atoms with Crippen LogP contribution in [0.5, 0.6) is 0 Å². The number of aromatic nitrogens is 1. The summed E-state index contributed by atoms with van der Waals surface area (Å²) in [5.41, 5.74) is 6.88. The average Bonchev–Trinajstić information content (AvgIpc) is 2.83. The second-order valence-corrected chi connectivity index (χ2v) is 4.78. The van der Waals surface area contributed by atoms with Gasteiger partial charge in [-0.25, -0.2) is 4.98 Å². The number of nitrogens with two attached hydrogens (primary N) is 1. The van der Waals surface area contributed by atoms with Crippen LogP contribution in [0.2, 0.25) is 0 Å². The minimum absolute atomic E-state index is 0.142. The number of para-hydroxylation sites is 1. The van der Waals surface area contributed by atoms with Gasteiger partial charge in [-0.1, -0.05) is 18.2 Å². The van der Waals surface area contributed by atoms with Crippen molar-refractivity contribution in [1.82, 2.24) is 4.98 Å². The molecule has 0 fully saturated rings. The maximum absolute atomic E-state index is 12.4. The highest BCUT2D eigenvalue weighted by atomic mass is 16.3. The first-order valence-electron chi connectivity index (χ1n) is 6.61. The zero-order chi connectivity index (χ0) is 15.7. The number of carbonyl (C=O) groups is 2. The van der Waals surface area contributed by atoms with Gasteiger partial charge in [0.2, 0.25) is 0 Å². The van der Waals surface area contributed by atoms with Gasteiger partial charge in [0.1, 0.15) is 17.0 Å². The van der Waals surface area contributed by atoms with E-state index in [-0.39, 0.29) is 11.6 Å². The Bertz CT molecular complexity index is 866. The third-order valence-corrected chi connectivity index (χ3v) is 3.27. The van der Waals surface area contributed by atoms with Crippen molar-refractivity contribution in [3.8, 4) is 0 Å². The summed E-state index contributed by atoms with van der Waals surface area (Å²) in [7, 11) is 0. The second kappa shape index (κ2) is 5.33. The summed E-state index contributed by atoms with van der Waals surface area (Å²) in [5, 5.41) is 3.48. The standard InChI is InChI=1S/C16H13N3O3/c1-9-14(11-4-2-3-5-13(11)22-9)16(21)19-10-6-7-12(15(17)20)18-8-10/h2-8H,1H3,(H2,17,20)(H,19,21). The Labute approximate surface area is 125 Å². The number of amides is 2. The predicted molar refractivity (Wildman–Crippen MR) is 81.7 cm³/mol. The molecule has 0 radical (unpaired) electrons. The number of aryl methyl sites for hydroxylation is 1. The van der Waals surface area contributed by atoms with E-state index in [1.165, 1.54) is 12.3 Å². The monoisotopic (exact) mass is 295 g/mol. The molecule has 2 amide bonds. The van der Waals surface area contributed by atoms with Gasteiger partial charge in [-0.3, -0.25) is 9.59 Å². The average molecular weight is 295 g/mol.